The molecule has 1 heterocycles. The maximum Gasteiger partial charge on any atom is 0.225 e. The molecule has 110 valence electrons. The molecule has 1 aromatic carbocycles. The van der Waals surface area contributed by atoms with Gasteiger partial charge in [0.2, 0.25) is 5.91 Å². The average Bonchev–Trinajstić information content (AvgIpc) is 2.78. The van der Waals surface area contributed by atoms with Crippen molar-refractivity contribution in [2.45, 2.75) is 45.2 Å². The van der Waals surface area contributed by atoms with Gasteiger partial charge in [0, 0.05) is 30.3 Å². The lowest BCUT2D eigenvalue weighted by Crippen LogP contribution is -2.48. The molecule has 20 heavy (non-hydrogen) atoms. The second-order valence-corrected chi connectivity index (χ2v) is 5.98. The molecule has 2 atom stereocenters. The third-order valence-electron chi connectivity index (χ3n) is 3.72. The van der Waals surface area contributed by atoms with E-state index in [1.807, 2.05) is 38.1 Å². The number of carbonyl (C=O) groups is 1. The van der Waals surface area contributed by atoms with E-state index in [0.717, 1.165) is 30.9 Å². The molecular weight excluding hydrogens is 252 g/mol. The van der Waals surface area contributed by atoms with Crippen LogP contribution in [0, 0.1) is 6.92 Å². The summed E-state index contributed by atoms with van der Waals surface area (Å²) in [6.07, 6.45) is 1.46. The predicted molar refractivity (Wildman–Crippen MR) is 80.9 cm³/mol. The minimum atomic E-state index is 0.00234. The second-order valence-electron chi connectivity index (χ2n) is 5.98. The summed E-state index contributed by atoms with van der Waals surface area (Å²) < 4.78 is 5.41. The van der Waals surface area contributed by atoms with Crippen LogP contribution in [0.3, 0.4) is 0 Å². The molecule has 1 amide bonds. The van der Waals surface area contributed by atoms with Gasteiger partial charge in [-0.1, -0.05) is 18.2 Å². The van der Waals surface area contributed by atoms with Crippen LogP contribution in [0.15, 0.2) is 24.3 Å². The lowest BCUT2D eigenvalue weighted by Gasteiger charge is -2.28. The van der Waals surface area contributed by atoms with E-state index in [-0.39, 0.29) is 17.5 Å². The molecule has 1 aliphatic rings. The molecule has 0 aromatic heterocycles. The number of anilines is 1. The summed E-state index contributed by atoms with van der Waals surface area (Å²) in [5, 5.41) is 6.47. The lowest BCUT2D eigenvalue weighted by atomic mass is 10.00. The number of carbonyl (C=O) groups excluding carboxylic acids is 1. The maximum atomic E-state index is 12.1. The number of nitrogens with one attached hydrogen (secondary N) is 2. The highest BCUT2D eigenvalue weighted by Gasteiger charge is 2.31. The summed E-state index contributed by atoms with van der Waals surface area (Å²) in [6, 6.07) is 7.95. The quantitative estimate of drug-likeness (QED) is 0.868. The van der Waals surface area contributed by atoms with Gasteiger partial charge < -0.3 is 15.4 Å². The normalized spacial score (nSPS) is 23.6. The number of rotatable bonds is 5. The van der Waals surface area contributed by atoms with Gasteiger partial charge in [0.25, 0.3) is 0 Å². The van der Waals surface area contributed by atoms with Gasteiger partial charge in [0.05, 0.1) is 6.61 Å². The molecule has 1 saturated heterocycles. The number of benzene rings is 1. The smallest absolute Gasteiger partial charge is 0.225 e. The van der Waals surface area contributed by atoms with Crippen molar-refractivity contribution in [3.05, 3.63) is 29.8 Å². The van der Waals surface area contributed by atoms with Crippen LogP contribution in [0.25, 0.3) is 0 Å². The molecule has 0 bridgehead atoms. The van der Waals surface area contributed by atoms with Crippen molar-refractivity contribution in [3.8, 4) is 0 Å². The Morgan fingerprint density at radius 1 is 1.45 bits per heavy atom. The topological polar surface area (TPSA) is 50.4 Å². The van der Waals surface area contributed by atoms with E-state index in [2.05, 4.69) is 17.6 Å². The standard InChI is InChI=1S/C16H24N2O2/c1-12-6-4-5-7-14(12)17-15(19)10-13(2)18-16(3)8-9-20-11-16/h4-7,13,18H,8-11H2,1-3H3,(H,17,19)/t13-,16-/m0/s1. The van der Waals surface area contributed by atoms with Crippen LogP contribution < -0.4 is 10.6 Å². The van der Waals surface area contributed by atoms with E-state index in [9.17, 15) is 4.79 Å². The second kappa shape index (κ2) is 6.37. The van der Waals surface area contributed by atoms with Gasteiger partial charge >= 0.3 is 0 Å². The van der Waals surface area contributed by atoms with E-state index >= 15 is 0 Å². The van der Waals surface area contributed by atoms with Crippen LogP contribution in [0.4, 0.5) is 5.69 Å². The Morgan fingerprint density at radius 2 is 2.20 bits per heavy atom. The molecular formula is C16H24N2O2. The van der Waals surface area contributed by atoms with Gasteiger partial charge in [-0.3, -0.25) is 4.79 Å². The first-order chi connectivity index (χ1) is 9.48. The van der Waals surface area contributed by atoms with E-state index in [1.54, 1.807) is 0 Å². The van der Waals surface area contributed by atoms with Crippen molar-refractivity contribution >= 4 is 11.6 Å². The lowest BCUT2D eigenvalue weighted by molar-refractivity contribution is -0.116. The van der Waals surface area contributed by atoms with Crippen molar-refractivity contribution in [1.82, 2.24) is 5.32 Å². The number of para-hydroxylation sites is 1. The van der Waals surface area contributed by atoms with Gasteiger partial charge in [-0.15, -0.1) is 0 Å². The van der Waals surface area contributed by atoms with Crippen LogP contribution >= 0.6 is 0 Å². The zero-order valence-corrected chi connectivity index (χ0v) is 12.5. The Morgan fingerprint density at radius 3 is 2.85 bits per heavy atom. The molecule has 0 unspecified atom stereocenters. The van der Waals surface area contributed by atoms with Gasteiger partial charge in [0.1, 0.15) is 0 Å². The molecule has 0 aliphatic carbocycles. The maximum absolute atomic E-state index is 12.1. The van der Waals surface area contributed by atoms with E-state index in [1.165, 1.54) is 0 Å². The molecule has 1 fully saturated rings. The number of hydrogen-bond acceptors (Lipinski definition) is 3. The fraction of sp³-hybridized carbons (Fsp3) is 0.562. The Balaban J connectivity index is 1.83. The first kappa shape index (κ1) is 15.0. The van der Waals surface area contributed by atoms with Crippen molar-refractivity contribution in [2.75, 3.05) is 18.5 Å². The third kappa shape index (κ3) is 4.05. The number of hydrogen-bond donors (Lipinski definition) is 2. The summed E-state index contributed by atoms with van der Waals surface area (Å²) in [5.41, 5.74) is 1.97. The minimum Gasteiger partial charge on any atom is -0.379 e. The molecule has 0 saturated carbocycles. The minimum absolute atomic E-state index is 0.00234. The molecule has 4 nitrogen and oxygen atoms in total. The van der Waals surface area contributed by atoms with Gasteiger partial charge in [0.15, 0.2) is 0 Å². The highest BCUT2D eigenvalue weighted by molar-refractivity contribution is 5.91. The van der Waals surface area contributed by atoms with Crippen molar-refractivity contribution in [1.29, 1.82) is 0 Å². The highest BCUT2D eigenvalue weighted by atomic mass is 16.5. The first-order valence-corrected chi connectivity index (χ1v) is 7.19. The molecule has 2 rings (SSSR count). The fourth-order valence-electron chi connectivity index (χ4n) is 2.62. The van der Waals surface area contributed by atoms with Crippen LogP contribution in [-0.2, 0) is 9.53 Å². The molecule has 1 aliphatic heterocycles. The number of amides is 1. The Bertz CT molecular complexity index is 467. The summed E-state index contributed by atoms with van der Waals surface area (Å²) in [6.45, 7) is 7.70. The van der Waals surface area contributed by atoms with Crippen LogP contribution in [0.2, 0.25) is 0 Å². The van der Waals surface area contributed by atoms with E-state index in [4.69, 9.17) is 4.74 Å². The SMILES string of the molecule is Cc1ccccc1NC(=O)C[C@H](C)N[C@@]1(C)CCOC1. The monoisotopic (exact) mass is 276 g/mol. The molecule has 0 spiro atoms. The van der Waals surface area contributed by atoms with Crippen molar-refractivity contribution < 1.29 is 9.53 Å². The molecule has 1 aromatic rings. The molecule has 2 N–H and O–H groups in total. The first-order valence-electron chi connectivity index (χ1n) is 7.19. The fourth-order valence-corrected chi connectivity index (χ4v) is 2.62. The number of aryl methyl sites for hydroxylation is 1. The summed E-state index contributed by atoms with van der Waals surface area (Å²) in [4.78, 5) is 12.1. The Kier molecular flexibility index (Phi) is 4.78. The summed E-state index contributed by atoms with van der Waals surface area (Å²) in [5.74, 6) is 0.0433. The zero-order valence-electron chi connectivity index (χ0n) is 12.5. The predicted octanol–water partition coefficient (Wildman–Crippen LogP) is 2.48. The van der Waals surface area contributed by atoms with Crippen LogP contribution in [0.1, 0.15) is 32.3 Å². The van der Waals surface area contributed by atoms with Crippen LogP contribution in [0.5, 0.6) is 0 Å². The largest absolute Gasteiger partial charge is 0.379 e. The molecule has 4 heteroatoms. The summed E-state index contributed by atoms with van der Waals surface area (Å²) in [7, 11) is 0. The van der Waals surface area contributed by atoms with Gasteiger partial charge in [-0.2, -0.15) is 0 Å². The number of ether oxygens (including phenoxy) is 1. The summed E-state index contributed by atoms with van der Waals surface area (Å²) >= 11 is 0. The van der Waals surface area contributed by atoms with Crippen molar-refractivity contribution in [2.24, 2.45) is 0 Å². The van der Waals surface area contributed by atoms with Crippen molar-refractivity contribution in [3.63, 3.8) is 0 Å². The molecule has 0 radical (unpaired) electrons. The highest BCUT2D eigenvalue weighted by Crippen LogP contribution is 2.19. The average molecular weight is 276 g/mol. The van der Waals surface area contributed by atoms with E-state index < -0.39 is 0 Å². The van der Waals surface area contributed by atoms with Crippen LogP contribution in [-0.4, -0.2) is 30.7 Å². The van der Waals surface area contributed by atoms with Gasteiger partial charge in [-0.25, -0.2) is 0 Å². The Hall–Kier alpha value is -1.39. The third-order valence-corrected chi connectivity index (χ3v) is 3.72. The zero-order chi connectivity index (χ0) is 14.6. The van der Waals surface area contributed by atoms with Gasteiger partial charge in [-0.05, 0) is 38.8 Å². The Labute approximate surface area is 120 Å². The van der Waals surface area contributed by atoms with E-state index in [0.29, 0.717) is 6.42 Å².